The average Bonchev–Trinajstić information content (AvgIpc) is 2.20. The van der Waals surface area contributed by atoms with Gasteiger partial charge in [0.15, 0.2) is 0 Å². The summed E-state index contributed by atoms with van der Waals surface area (Å²) in [4.78, 5) is 0. The molecule has 0 aliphatic carbocycles. The van der Waals surface area contributed by atoms with Gasteiger partial charge in [-0.15, -0.1) is 11.6 Å². The van der Waals surface area contributed by atoms with Crippen LogP contribution in [0.3, 0.4) is 0 Å². The van der Waals surface area contributed by atoms with Gasteiger partial charge in [0.2, 0.25) is 0 Å². The molecule has 2 heteroatoms. The van der Waals surface area contributed by atoms with Gasteiger partial charge in [-0.25, -0.2) is 0 Å². The maximum atomic E-state index is 6.02. The van der Waals surface area contributed by atoms with Crippen molar-refractivity contribution in [2.45, 2.75) is 25.2 Å². The number of alkyl halides is 1. The highest BCUT2D eigenvalue weighted by Gasteiger charge is 2.39. The monoisotopic (exact) mass is 224 g/mol. The van der Waals surface area contributed by atoms with Crippen molar-refractivity contribution in [2.24, 2.45) is 0 Å². The molecule has 1 heterocycles. The third-order valence-corrected chi connectivity index (χ3v) is 3.63. The van der Waals surface area contributed by atoms with Crippen LogP contribution in [0.1, 0.15) is 24.5 Å². The van der Waals surface area contributed by atoms with Gasteiger partial charge in [0.1, 0.15) is 0 Å². The molecule has 0 amide bonds. The maximum Gasteiger partial charge on any atom is 0.0597 e. The van der Waals surface area contributed by atoms with Crippen LogP contribution >= 0.6 is 11.6 Å². The SMILES string of the molecule is CCCc1ccc(C2(CCl)COC2)cc1. The summed E-state index contributed by atoms with van der Waals surface area (Å²) in [6.45, 7) is 3.74. The van der Waals surface area contributed by atoms with Gasteiger partial charge in [0, 0.05) is 5.88 Å². The lowest BCUT2D eigenvalue weighted by Crippen LogP contribution is -2.48. The normalized spacial score (nSPS) is 18.5. The Labute approximate surface area is 96.4 Å². The highest BCUT2D eigenvalue weighted by atomic mass is 35.5. The average molecular weight is 225 g/mol. The van der Waals surface area contributed by atoms with Gasteiger partial charge >= 0.3 is 0 Å². The molecule has 0 radical (unpaired) electrons. The van der Waals surface area contributed by atoms with E-state index in [9.17, 15) is 0 Å². The maximum absolute atomic E-state index is 6.02. The Morgan fingerprint density at radius 2 is 1.93 bits per heavy atom. The second-order valence-electron chi connectivity index (χ2n) is 4.35. The topological polar surface area (TPSA) is 9.23 Å². The van der Waals surface area contributed by atoms with Crippen molar-refractivity contribution in [1.29, 1.82) is 0 Å². The fraction of sp³-hybridized carbons (Fsp3) is 0.538. The van der Waals surface area contributed by atoms with Crippen LogP contribution in [-0.4, -0.2) is 19.1 Å². The molecule has 1 saturated heterocycles. The lowest BCUT2D eigenvalue weighted by molar-refractivity contribution is -0.0479. The van der Waals surface area contributed by atoms with Crippen molar-refractivity contribution >= 4 is 11.6 Å². The van der Waals surface area contributed by atoms with Crippen LogP contribution < -0.4 is 0 Å². The van der Waals surface area contributed by atoms with Crippen LogP contribution in [0, 0.1) is 0 Å². The third kappa shape index (κ3) is 2.04. The van der Waals surface area contributed by atoms with Gasteiger partial charge in [0.05, 0.1) is 18.6 Å². The van der Waals surface area contributed by atoms with Gasteiger partial charge < -0.3 is 4.74 Å². The standard InChI is InChI=1S/C13H17ClO/c1-2-3-11-4-6-12(7-5-11)13(8-14)9-15-10-13/h4-7H,2-3,8-10H2,1H3. The van der Waals surface area contributed by atoms with E-state index in [1.165, 1.54) is 17.5 Å². The Balaban J connectivity index is 2.15. The van der Waals surface area contributed by atoms with E-state index in [1.54, 1.807) is 0 Å². The molecule has 0 atom stereocenters. The molecule has 1 aliphatic rings. The zero-order valence-corrected chi connectivity index (χ0v) is 9.89. The number of ether oxygens (including phenoxy) is 1. The summed E-state index contributed by atoms with van der Waals surface area (Å²) in [5.41, 5.74) is 2.82. The van der Waals surface area contributed by atoms with Crippen molar-refractivity contribution < 1.29 is 4.74 Å². The zero-order chi connectivity index (χ0) is 10.7. The number of aryl methyl sites for hydroxylation is 1. The Morgan fingerprint density at radius 1 is 1.27 bits per heavy atom. The highest BCUT2D eigenvalue weighted by Crippen LogP contribution is 2.33. The number of benzene rings is 1. The molecule has 0 spiro atoms. The van der Waals surface area contributed by atoms with E-state index in [1.807, 2.05) is 0 Å². The molecule has 1 aliphatic heterocycles. The van der Waals surface area contributed by atoms with Gasteiger partial charge in [-0.2, -0.15) is 0 Å². The first-order chi connectivity index (χ1) is 7.30. The van der Waals surface area contributed by atoms with E-state index < -0.39 is 0 Å². The summed E-state index contributed by atoms with van der Waals surface area (Å²) in [5, 5.41) is 0. The molecule has 1 fully saturated rings. The Kier molecular flexibility index (Phi) is 3.32. The van der Waals surface area contributed by atoms with Crippen LogP contribution in [0.5, 0.6) is 0 Å². The lowest BCUT2D eigenvalue weighted by Gasteiger charge is -2.40. The van der Waals surface area contributed by atoms with Crippen molar-refractivity contribution in [3.05, 3.63) is 35.4 Å². The quantitative estimate of drug-likeness (QED) is 0.714. The minimum atomic E-state index is 0.0896. The lowest BCUT2D eigenvalue weighted by atomic mass is 9.80. The molecule has 0 saturated carbocycles. The van der Waals surface area contributed by atoms with Crippen molar-refractivity contribution in [3.8, 4) is 0 Å². The number of rotatable bonds is 4. The van der Waals surface area contributed by atoms with Crippen molar-refractivity contribution in [2.75, 3.05) is 19.1 Å². The number of hydrogen-bond donors (Lipinski definition) is 0. The minimum Gasteiger partial charge on any atom is -0.379 e. The predicted octanol–water partition coefficient (Wildman–Crippen LogP) is 3.15. The molecule has 15 heavy (non-hydrogen) atoms. The third-order valence-electron chi connectivity index (χ3n) is 3.12. The van der Waals surface area contributed by atoms with Crippen LogP contribution in [0.25, 0.3) is 0 Å². The molecular weight excluding hydrogens is 208 g/mol. The molecule has 1 nitrogen and oxygen atoms in total. The van der Waals surface area contributed by atoms with Crippen molar-refractivity contribution in [1.82, 2.24) is 0 Å². The minimum absolute atomic E-state index is 0.0896. The smallest absolute Gasteiger partial charge is 0.0597 e. The van der Waals surface area contributed by atoms with E-state index in [4.69, 9.17) is 16.3 Å². The number of hydrogen-bond acceptors (Lipinski definition) is 1. The molecule has 82 valence electrons. The van der Waals surface area contributed by atoms with Crippen LogP contribution in [0.2, 0.25) is 0 Å². The molecule has 1 aromatic carbocycles. The van der Waals surface area contributed by atoms with E-state index in [-0.39, 0.29) is 5.41 Å². The Morgan fingerprint density at radius 3 is 2.33 bits per heavy atom. The summed E-state index contributed by atoms with van der Waals surface area (Å²) in [7, 11) is 0. The number of halogens is 1. The molecule has 1 aromatic rings. The molecule has 0 aromatic heterocycles. The Bertz CT molecular complexity index is 308. The molecule has 0 unspecified atom stereocenters. The second kappa shape index (κ2) is 4.54. The van der Waals surface area contributed by atoms with Gasteiger partial charge in [-0.3, -0.25) is 0 Å². The van der Waals surface area contributed by atoms with E-state index in [0.717, 1.165) is 19.6 Å². The zero-order valence-electron chi connectivity index (χ0n) is 9.13. The predicted molar refractivity (Wildman–Crippen MR) is 63.7 cm³/mol. The van der Waals surface area contributed by atoms with Crippen molar-refractivity contribution in [3.63, 3.8) is 0 Å². The summed E-state index contributed by atoms with van der Waals surface area (Å²) < 4.78 is 5.28. The molecule has 0 bridgehead atoms. The van der Waals surface area contributed by atoms with E-state index in [0.29, 0.717) is 5.88 Å². The van der Waals surface area contributed by atoms with Crippen LogP contribution in [0.4, 0.5) is 0 Å². The largest absolute Gasteiger partial charge is 0.379 e. The van der Waals surface area contributed by atoms with Gasteiger partial charge in [0.25, 0.3) is 0 Å². The first kappa shape index (κ1) is 11.0. The van der Waals surface area contributed by atoms with Crippen LogP contribution in [0.15, 0.2) is 24.3 Å². The van der Waals surface area contributed by atoms with E-state index >= 15 is 0 Å². The molecule has 0 N–H and O–H groups in total. The molecular formula is C13H17ClO. The fourth-order valence-electron chi connectivity index (χ4n) is 1.98. The van der Waals surface area contributed by atoms with Gasteiger partial charge in [-0.1, -0.05) is 37.6 Å². The second-order valence-corrected chi connectivity index (χ2v) is 4.62. The summed E-state index contributed by atoms with van der Waals surface area (Å²) in [5.74, 6) is 0.653. The van der Waals surface area contributed by atoms with Gasteiger partial charge in [-0.05, 0) is 17.5 Å². The Hall–Kier alpha value is -0.530. The summed E-state index contributed by atoms with van der Waals surface area (Å²) >= 11 is 6.02. The first-order valence-corrected chi connectivity index (χ1v) is 6.07. The van der Waals surface area contributed by atoms with Crippen LogP contribution in [-0.2, 0) is 16.6 Å². The highest BCUT2D eigenvalue weighted by molar-refractivity contribution is 6.18. The summed E-state index contributed by atoms with van der Waals surface area (Å²) in [6.07, 6.45) is 2.35. The first-order valence-electron chi connectivity index (χ1n) is 5.54. The fourth-order valence-corrected chi connectivity index (χ4v) is 2.29. The van der Waals surface area contributed by atoms with E-state index in [2.05, 4.69) is 31.2 Å². The molecule has 2 rings (SSSR count). The summed E-state index contributed by atoms with van der Waals surface area (Å²) in [6, 6.07) is 8.84.